The number of rotatable bonds is 6. The standard InChI is InChI=1S/C13H17BrFNO2/c1-3-6-16(9-13(17)18-2)8-10-4-5-12(15)11(14)7-10/h4-5,7H,3,6,8-9H2,1-2H3. The lowest BCUT2D eigenvalue weighted by molar-refractivity contribution is -0.142. The molecule has 0 unspecified atom stereocenters. The number of carbonyl (C=O) groups excluding carboxylic acids is 1. The topological polar surface area (TPSA) is 29.5 Å². The molecule has 1 aromatic rings. The Kier molecular flexibility index (Phi) is 6.29. The SMILES string of the molecule is CCCN(CC(=O)OC)Cc1ccc(F)c(Br)c1. The van der Waals surface area contributed by atoms with Gasteiger partial charge in [0.05, 0.1) is 18.1 Å². The van der Waals surface area contributed by atoms with Crippen LogP contribution in [0.4, 0.5) is 4.39 Å². The summed E-state index contributed by atoms with van der Waals surface area (Å²) in [4.78, 5) is 13.3. The zero-order valence-electron chi connectivity index (χ0n) is 10.6. The highest BCUT2D eigenvalue weighted by molar-refractivity contribution is 9.10. The van der Waals surface area contributed by atoms with Gasteiger partial charge >= 0.3 is 5.97 Å². The first-order valence-electron chi connectivity index (χ1n) is 5.80. The summed E-state index contributed by atoms with van der Waals surface area (Å²) in [5.74, 6) is -0.543. The summed E-state index contributed by atoms with van der Waals surface area (Å²) in [5.41, 5.74) is 0.959. The third kappa shape index (κ3) is 4.74. The molecule has 0 atom stereocenters. The summed E-state index contributed by atoms with van der Waals surface area (Å²) >= 11 is 3.15. The smallest absolute Gasteiger partial charge is 0.319 e. The number of ether oxygens (including phenoxy) is 1. The summed E-state index contributed by atoms with van der Waals surface area (Å²) in [7, 11) is 1.38. The minimum absolute atomic E-state index is 0.249. The number of carbonyl (C=O) groups is 1. The Labute approximate surface area is 115 Å². The number of hydrogen-bond donors (Lipinski definition) is 0. The highest BCUT2D eigenvalue weighted by Crippen LogP contribution is 2.18. The molecule has 5 heteroatoms. The lowest BCUT2D eigenvalue weighted by Crippen LogP contribution is -2.30. The van der Waals surface area contributed by atoms with E-state index in [1.165, 1.54) is 13.2 Å². The van der Waals surface area contributed by atoms with Gasteiger partial charge in [-0.15, -0.1) is 0 Å². The van der Waals surface area contributed by atoms with Crippen LogP contribution in [-0.2, 0) is 16.1 Å². The summed E-state index contributed by atoms with van der Waals surface area (Å²) in [5, 5.41) is 0. The molecule has 0 radical (unpaired) electrons. The van der Waals surface area contributed by atoms with Crippen LogP contribution in [0.1, 0.15) is 18.9 Å². The van der Waals surface area contributed by atoms with E-state index in [9.17, 15) is 9.18 Å². The van der Waals surface area contributed by atoms with E-state index >= 15 is 0 Å². The molecule has 0 spiro atoms. The molecule has 0 bridgehead atoms. The number of halogens is 2. The van der Waals surface area contributed by atoms with Gasteiger partial charge in [0.15, 0.2) is 0 Å². The van der Waals surface area contributed by atoms with Crippen LogP contribution in [0.3, 0.4) is 0 Å². The quantitative estimate of drug-likeness (QED) is 0.755. The summed E-state index contributed by atoms with van der Waals surface area (Å²) in [6.07, 6.45) is 0.944. The first-order valence-corrected chi connectivity index (χ1v) is 6.59. The Bertz CT molecular complexity index is 412. The van der Waals surface area contributed by atoms with Gasteiger partial charge in [-0.05, 0) is 46.6 Å². The van der Waals surface area contributed by atoms with Crippen molar-refractivity contribution < 1.29 is 13.9 Å². The van der Waals surface area contributed by atoms with Gasteiger partial charge < -0.3 is 4.74 Å². The van der Waals surface area contributed by atoms with Gasteiger partial charge in [-0.25, -0.2) is 4.39 Å². The Morgan fingerprint density at radius 1 is 1.50 bits per heavy atom. The molecule has 0 aliphatic heterocycles. The number of nitrogens with zero attached hydrogens (tertiary/aromatic N) is 1. The maximum Gasteiger partial charge on any atom is 0.319 e. The Balaban J connectivity index is 2.69. The van der Waals surface area contributed by atoms with Crippen molar-refractivity contribution in [1.29, 1.82) is 0 Å². The van der Waals surface area contributed by atoms with Gasteiger partial charge in [0.1, 0.15) is 5.82 Å². The van der Waals surface area contributed by atoms with Crippen LogP contribution in [0.5, 0.6) is 0 Å². The predicted octanol–water partition coefficient (Wildman–Crippen LogP) is 2.97. The Hall–Kier alpha value is -0.940. The summed E-state index contributed by atoms with van der Waals surface area (Å²) < 4.78 is 18.2. The van der Waals surface area contributed by atoms with Crippen LogP contribution in [-0.4, -0.2) is 31.1 Å². The molecular weight excluding hydrogens is 301 g/mol. The van der Waals surface area contributed by atoms with E-state index in [2.05, 4.69) is 20.7 Å². The first-order chi connectivity index (χ1) is 8.56. The van der Waals surface area contributed by atoms with Crippen molar-refractivity contribution >= 4 is 21.9 Å². The molecule has 0 aliphatic rings. The van der Waals surface area contributed by atoms with E-state index in [4.69, 9.17) is 0 Å². The van der Waals surface area contributed by atoms with Gasteiger partial charge in [-0.1, -0.05) is 13.0 Å². The van der Waals surface area contributed by atoms with Gasteiger partial charge in [0.2, 0.25) is 0 Å². The normalized spacial score (nSPS) is 10.7. The summed E-state index contributed by atoms with van der Waals surface area (Å²) in [6, 6.07) is 4.87. The lowest BCUT2D eigenvalue weighted by Gasteiger charge is -2.20. The largest absolute Gasteiger partial charge is 0.468 e. The highest BCUT2D eigenvalue weighted by Gasteiger charge is 2.11. The monoisotopic (exact) mass is 317 g/mol. The molecular formula is C13H17BrFNO2. The van der Waals surface area contributed by atoms with Crippen LogP contribution in [0.15, 0.2) is 22.7 Å². The van der Waals surface area contributed by atoms with E-state index < -0.39 is 0 Å². The number of hydrogen-bond acceptors (Lipinski definition) is 3. The fraction of sp³-hybridized carbons (Fsp3) is 0.462. The Morgan fingerprint density at radius 2 is 2.22 bits per heavy atom. The van der Waals surface area contributed by atoms with E-state index in [-0.39, 0.29) is 18.3 Å². The molecule has 0 aromatic heterocycles. The molecule has 100 valence electrons. The third-order valence-electron chi connectivity index (χ3n) is 2.51. The molecule has 0 fully saturated rings. The maximum absolute atomic E-state index is 13.1. The van der Waals surface area contributed by atoms with Gasteiger partial charge in [-0.3, -0.25) is 9.69 Å². The van der Waals surface area contributed by atoms with E-state index in [0.717, 1.165) is 18.5 Å². The summed E-state index contributed by atoms with van der Waals surface area (Å²) in [6.45, 7) is 3.69. The molecule has 1 aromatic carbocycles. The second kappa shape index (κ2) is 7.48. The van der Waals surface area contributed by atoms with Crippen molar-refractivity contribution in [2.24, 2.45) is 0 Å². The second-order valence-electron chi connectivity index (χ2n) is 4.04. The zero-order valence-corrected chi connectivity index (χ0v) is 12.2. The van der Waals surface area contributed by atoms with Gasteiger partial charge in [-0.2, -0.15) is 0 Å². The third-order valence-corrected chi connectivity index (χ3v) is 3.12. The maximum atomic E-state index is 13.1. The van der Waals surface area contributed by atoms with E-state index in [0.29, 0.717) is 11.0 Å². The van der Waals surface area contributed by atoms with Gasteiger partial charge in [0, 0.05) is 6.54 Å². The molecule has 18 heavy (non-hydrogen) atoms. The fourth-order valence-corrected chi connectivity index (χ4v) is 2.10. The number of esters is 1. The Morgan fingerprint density at radius 3 is 2.78 bits per heavy atom. The molecule has 3 nitrogen and oxygen atoms in total. The molecule has 0 aliphatic carbocycles. The van der Waals surface area contributed by atoms with Crippen molar-refractivity contribution in [1.82, 2.24) is 4.90 Å². The van der Waals surface area contributed by atoms with E-state index in [1.54, 1.807) is 12.1 Å². The highest BCUT2D eigenvalue weighted by atomic mass is 79.9. The van der Waals surface area contributed by atoms with Crippen molar-refractivity contribution in [3.05, 3.63) is 34.1 Å². The number of methoxy groups -OCH3 is 1. The van der Waals surface area contributed by atoms with Crippen molar-refractivity contribution in [3.63, 3.8) is 0 Å². The minimum Gasteiger partial charge on any atom is -0.468 e. The lowest BCUT2D eigenvalue weighted by atomic mass is 10.2. The molecule has 0 saturated carbocycles. The van der Waals surface area contributed by atoms with Crippen molar-refractivity contribution in [2.45, 2.75) is 19.9 Å². The van der Waals surface area contributed by atoms with Crippen molar-refractivity contribution in [2.75, 3.05) is 20.2 Å². The first kappa shape index (κ1) is 15.1. The van der Waals surface area contributed by atoms with Gasteiger partial charge in [0.25, 0.3) is 0 Å². The zero-order chi connectivity index (χ0) is 13.5. The molecule has 0 N–H and O–H groups in total. The van der Waals surface area contributed by atoms with Crippen LogP contribution in [0.2, 0.25) is 0 Å². The number of benzene rings is 1. The fourth-order valence-electron chi connectivity index (χ4n) is 1.67. The molecule has 0 saturated heterocycles. The van der Waals surface area contributed by atoms with Crippen LogP contribution < -0.4 is 0 Å². The van der Waals surface area contributed by atoms with Crippen LogP contribution in [0.25, 0.3) is 0 Å². The average Bonchev–Trinajstić information content (AvgIpc) is 2.34. The minimum atomic E-state index is -0.284. The molecule has 0 amide bonds. The van der Waals surface area contributed by atoms with Crippen LogP contribution in [0, 0.1) is 5.82 Å². The van der Waals surface area contributed by atoms with Crippen molar-refractivity contribution in [3.8, 4) is 0 Å². The second-order valence-corrected chi connectivity index (χ2v) is 4.89. The molecule has 0 heterocycles. The average molecular weight is 318 g/mol. The van der Waals surface area contributed by atoms with Crippen LogP contribution >= 0.6 is 15.9 Å². The predicted molar refractivity (Wildman–Crippen MR) is 71.7 cm³/mol. The molecule has 1 rings (SSSR count). The van der Waals surface area contributed by atoms with E-state index in [1.807, 2.05) is 11.8 Å².